The summed E-state index contributed by atoms with van der Waals surface area (Å²) in [6.45, 7) is 14.6. The summed E-state index contributed by atoms with van der Waals surface area (Å²) >= 11 is 0. The van der Waals surface area contributed by atoms with Crippen LogP contribution in [0.15, 0.2) is 0 Å². The molecule has 0 spiro atoms. The van der Waals surface area contributed by atoms with Gasteiger partial charge in [0.1, 0.15) is 0 Å². The molecule has 0 aromatic carbocycles. The number of likely N-dealkylation sites (tertiary alicyclic amines) is 1. The highest BCUT2D eigenvalue weighted by Crippen LogP contribution is 2.34. The van der Waals surface area contributed by atoms with Crippen molar-refractivity contribution >= 4 is 0 Å². The maximum Gasteiger partial charge on any atom is 0.0279 e. The minimum atomic E-state index is 0.712. The van der Waals surface area contributed by atoms with Crippen LogP contribution in [0.25, 0.3) is 0 Å². The van der Waals surface area contributed by atoms with Crippen molar-refractivity contribution in [1.82, 2.24) is 10.2 Å². The third kappa shape index (κ3) is 2.36. The van der Waals surface area contributed by atoms with E-state index in [-0.39, 0.29) is 0 Å². The van der Waals surface area contributed by atoms with E-state index in [1.165, 1.54) is 13.0 Å². The first-order chi connectivity index (χ1) is 7.11. The smallest absolute Gasteiger partial charge is 0.0279 e. The molecule has 2 heterocycles. The van der Waals surface area contributed by atoms with E-state index in [0.717, 1.165) is 24.0 Å². The Morgan fingerprint density at radius 3 is 2.13 bits per heavy atom. The Bertz CT molecular complexity index is 169. The Hall–Kier alpha value is -0.0800. The first kappa shape index (κ1) is 13.0. The van der Waals surface area contributed by atoms with Crippen LogP contribution in [0, 0.1) is 5.92 Å². The van der Waals surface area contributed by atoms with E-state index < -0.39 is 0 Å². The van der Waals surface area contributed by atoms with Crippen molar-refractivity contribution in [3.63, 3.8) is 0 Å². The van der Waals surface area contributed by atoms with Crippen LogP contribution in [0.1, 0.15) is 48.0 Å². The van der Waals surface area contributed by atoms with Crippen LogP contribution in [0.4, 0.5) is 0 Å². The van der Waals surface area contributed by atoms with Crippen molar-refractivity contribution in [2.24, 2.45) is 5.92 Å². The van der Waals surface area contributed by atoms with Crippen molar-refractivity contribution in [2.45, 2.75) is 72.1 Å². The molecule has 0 aromatic rings. The van der Waals surface area contributed by atoms with Gasteiger partial charge in [-0.3, -0.25) is 4.90 Å². The van der Waals surface area contributed by atoms with Gasteiger partial charge in [-0.25, -0.2) is 0 Å². The molecule has 0 amide bonds. The van der Waals surface area contributed by atoms with Crippen molar-refractivity contribution < 1.29 is 0 Å². The number of hydrogen-bond donors (Lipinski definition) is 1. The highest BCUT2D eigenvalue weighted by Gasteiger charge is 2.47. The number of piperazine rings is 1. The minimum absolute atomic E-state index is 0.712. The van der Waals surface area contributed by atoms with Gasteiger partial charge in [-0.2, -0.15) is 0 Å². The number of rotatable bonds is 2. The van der Waals surface area contributed by atoms with Crippen LogP contribution in [-0.4, -0.2) is 35.6 Å². The summed E-state index contributed by atoms with van der Waals surface area (Å²) in [5.41, 5.74) is 0. The highest BCUT2D eigenvalue weighted by atomic mass is 15.3. The van der Waals surface area contributed by atoms with Crippen molar-refractivity contribution in [3.05, 3.63) is 0 Å². The van der Waals surface area contributed by atoms with Crippen LogP contribution < -0.4 is 5.32 Å². The summed E-state index contributed by atoms with van der Waals surface area (Å²) < 4.78 is 0. The highest BCUT2D eigenvalue weighted by molar-refractivity contribution is 5.06. The van der Waals surface area contributed by atoms with Gasteiger partial charge in [0.05, 0.1) is 0 Å². The molecule has 1 N–H and O–H groups in total. The van der Waals surface area contributed by atoms with E-state index in [1.807, 2.05) is 13.8 Å². The molecule has 0 aromatic heterocycles. The van der Waals surface area contributed by atoms with E-state index in [2.05, 4.69) is 37.9 Å². The average Bonchev–Trinajstić information content (AvgIpc) is 2.79. The van der Waals surface area contributed by atoms with E-state index in [9.17, 15) is 0 Å². The molecule has 0 saturated carbocycles. The third-order valence-corrected chi connectivity index (χ3v) is 3.60. The van der Waals surface area contributed by atoms with Gasteiger partial charge in [-0.1, -0.05) is 27.7 Å². The zero-order chi connectivity index (χ0) is 11.6. The molecule has 90 valence electrons. The lowest BCUT2D eigenvalue weighted by Crippen LogP contribution is -2.55. The van der Waals surface area contributed by atoms with Crippen LogP contribution in [0.2, 0.25) is 0 Å². The van der Waals surface area contributed by atoms with Gasteiger partial charge in [-0.15, -0.1) is 0 Å². The third-order valence-electron chi connectivity index (χ3n) is 3.60. The molecule has 3 atom stereocenters. The predicted octanol–water partition coefficient (Wildman–Crippen LogP) is 2.49. The van der Waals surface area contributed by atoms with Crippen LogP contribution in [0.3, 0.4) is 0 Å². The zero-order valence-corrected chi connectivity index (χ0v) is 11.2. The van der Waals surface area contributed by atoms with Crippen molar-refractivity contribution in [3.8, 4) is 0 Å². The van der Waals surface area contributed by atoms with Gasteiger partial charge < -0.3 is 5.32 Å². The van der Waals surface area contributed by atoms with Gasteiger partial charge in [0, 0.05) is 30.7 Å². The molecule has 1 unspecified atom stereocenters. The van der Waals surface area contributed by atoms with Crippen LogP contribution >= 0.6 is 0 Å². The average molecular weight is 212 g/mol. The Balaban J connectivity index is 0.000000531. The summed E-state index contributed by atoms with van der Waals surface area (Å²) in [4.78, 5) is 2.73. The predicted molar refractivity (Wildman–Crippen MR) is 67.1 cm³/mol. The van der Waals surface area contributed by atoms with Crippen LogP contribution in [0.5, 0.6) is 0 Å². The normalized spacial score (nSPS) is 34.8. The largest absolute Gasteiger partial charge is 0.311 e. The SMILES string of the molecule is CC.CC(C)C1[C@H]2C[C@H](CN2)N1C(C)C. The second kappa shape index (κ2) is 5.31. The second-order valence-corrected chi connectivity index (χ2v) is 5.18. The molecule has 0 radical (unpaired) electrons. The summed E-state index contributed by atoms with van der Waals surface area (Å²) in [5.74, 6) is 0.783. The molecule has 2 bridgehead atoms. The summed E-state index contributed by atoms with van der Waals surface area (Å²) in [6, 6.07) is 3.08. The van der Waals surface area contributed by atoms with Gasteiger partial charge in [-0.05, 0) is 26.2 Å². The zero-order valence-electron chi connectivity index (χ0n) is 11.2. The molecule has 2 aliphatic heterocycles. The lowest BCUT2D eigenvalue weighted by Gasteiger charge is -2.40. The monoisotopic (exact) mass is 212 g/mol. The first-order valence-electron chi connectivity index (χ1n) is 6.62. The van der Waals surface area contributed by atoms with Gasteiger partial charge in [0.25, 0.3) is 0 Å². The molecule has 2 rings (SSSR count). The number of nitrogens with one attached hydrogen (secondary N) is 1. The van der Waals surface area contributed by atoms with Crippen molar-refractivity contribution in [2.75, 3.05) is 6.54 Å². The Kier molecular flexibility index (Phi) is 4.60. The van der Waals surface area contributed by atoms with E-state index in [4.69, 9.17) is 0 Å². The molecular weight excluding hydrogens is 184 g/mol. The second-order valence-electron chi connectivity index (χ2n) is 5.18. The van der Waals surface area contributed by atoms with Gasteiger partial charge in [0.15, 0.2) is 0 Å². The van der Waals surface area contributed by atoms with Gasteiger partial charge in [0.2, 0.25) is 0 Å². The minimum Gasteiger partial charge on any atom is -0.311 e. The van der Waals surface area contributed by atoms with Crippen molar-refractivity contribution in [1.29, 1.82) is 0 Å². The maximum atomic E-state index is 3.63. The Morgan fingerprint density at radius 1 is 1.13 bits per heavy atom. The molecule has 2 aliphatic rings. The summed E-state index contributed by atoms with van der Waals surface area (Å²) in [5, 5.41) is 3.63. The molecule has 2 heteroatoms. The summed E-state index contributed by atoms with van der Waals surface area (Å²) in [6.07, 6.45) is 1.38. The maximum absolute atomic E-state index is 3.63. The summed E-state index contributed by atoms with van der Waals surface area (Å²) in [7, 11) is 0. The molecule has 2 fully saturated rings. The number of hydrogen-bond acceptors (Lipinski definition) is 2. The molecule has 2 nitrogen and oxygen atoms in total. The van der Waals surface area contributed by atoms with E-state index in [1.54, 1.807) is 0 Å². The Labute approximate surface area is 95.4 Å². The molecular formula is C13H28N2. The van der Waals surface area contributed by atoms with Gasteiger partial charge >= 0.3 is 0 Å². The first-order valence-corrected chi connectivity index (χ1v) is 6.62. The lowest BCUT2D eigenvalue weighted by molar-refractivity contribution is 0.0865. The van der Waals surface area contributed by atoms with Crippen LogP contribution in [-0.2, 0) is 0 Å². The van der Waals surface area contributed by atoms with E-state index in [0.29, 0.717) is 6.04 Å². The standard InChI is InChI=1S/C11H22N2.C2H6/c1-7(2)11-10-5-9(6-12-10)13(11)8(3)4;1-2/h7-12H,5-6H2,1-4H3;1-2H3/t9-,10-,11?;/m1./s1. The topological polar surface area (TPSA) is 15.3 Å². The molecule has 2 saturated heterocycles. The fraction of sp³-hybridized carbons (Fsp3) is 1.00. The fourth-order valence-electron chi connectivity index (χ4n) is 3.26. The fourth-order valence-corrected chi connectivity index (χ4v) is 3.26. The Morgan fingerprint density at radius 2 is 1.73 bits per heavy atom. The lowest BCUT2D eigenvalue weighted by atomic mass is 9.97. The molecule has 15 heavy (non-hydrogen) atoms. The van der Waals surface area contributed by atoms with E-state index >= 15 is 0 Å². The number of nitrogens with zero attached hydrogens (tertiary/aromatic N) is 1. The molecule has 0 aliphatic carbocycles. The number of fused-ring (bicyclic) bond motifs is 2. The quantitative estimate of drug-likeness (QED) is 0.756.